The van der Waals surface area contributed by atoms with Gasteiger partial charge < -0.3 is 10.6 Å². The van der Waals surface area contributed by atoms with Gasteiger partial charge in [-0.05, 0) is 23.0 Å². The maximum atomic E-state index is 12.1. The summed E-state index contributed by atoms with van der Waals surface area (Å²) in [5, 5.41) is 6.02. The van der Waals surface area contributed by atoms with Crippen molar-refractivity contribution in [1.82, 2.24) is 10.3 Å². The van der Waals surface area contributed by atoms with E-state index < -0.39 is 0 Å². The Bertz CT molecular complexity index is 448. The topological polar surface area (TPSA) is 54.0 Å². The molecule has 1 saturated carbocycles. The van der Waals surface area contributed by atoms with Gasteiger partial charge in [-0.25, -0.2) is 4.98 Å². The molecule has 1 aromatic heterocycles. The highest BCUT2D eigenvalue weighted by Gasteiger charge is 2.65. The summed E-state index contributed by atoms with van der Waals surface area (Å²) in [4.78, 5) is 16.2. The maximum absolute atomic E-state index is 12.1. The number of nitrogens with zero attached hydrogens (tertiary/aromatic N) is 1. The first-order chi connectivity index (χ1) is 8.30. The molecule has 0 atom stereocenters. The number of hydrogen-bond donors (Lipinski definition) is 2. The number of rotatable bonds is 3. The standard InChI is InChI=1S/C14H21N3O/c1-13(2)12(14(13,3)4)17-11(18)9-6-7-10(15-5)16-8-9/h6-8,12H,1-5H3,(H,15,16)(H,17,18). The van der Waals surface area contributed by atoms with Gasteiger partial charge >= 0.3 is 0 Å². The van der Waals surface area contributed by atoms with Crippen LogP contribution in [0.5, 0.6) is 0 Å². The van der Waals surface area contributed by atoms with Gasteiger partial charge in [0.1, 0.15) is 5.82 Å². The average molecular weight is 247 g/mol. The fraction of sp³-hybridized carbons (Fsp3) is 0.571. The van der Waals surface area contributed by atoms with Gasteiger partial charge in [0.05, 0.1) is 5.56 Å². The van der Waals surface area contributed by atoms with Crippen LogP contribution >= 0.6 is 0 Å². The van der Waals surface area contributed by atoms with Crippen LogP contribution in [-0.4, -0.2) is 24.0 Å². The van der Waals surface area contributed by atoms with Gasteiger partial charge in [-0.15, -0.1) is 0 Å². The summed E-state index contributed by atoms with van der Waals surface area (Å²) < 4.78 is 0. The summed E-state index contributed by atoms with van der Waals surface area (Å²) in [7, 11) is 1.80. The molecule has 0 radical (unpaired) electrons. The summed E-state index contributed by atoms with van der Waals surface area (Å²) >= 11 is 0. The summed E-state index contributed by atoms with van der Waals surface area (Å²) in [6.45, 7) is 8.72. The van der Waals surface area contributed by atoms with Crippen LogP contribution in [0.25, 0.3) is 0 Å². The molecule has 0 spiro atoms. The molecular formula is C14H21N3O. The van der Waals surface area contributed by atoms with E-state index >= 15 is 0 Å². The Hall–Kier alpha value is -1.58. The van der Waals surface area contributed by atoms with Crippen LogP contribution in [0.1, 0.15) is 38.1 Å². The van der Waals surface area contributed by atoms with Gasteiger partial charge in [0.15, 0.2) is 0 Å². The van der Waals surface area contributed by atoms with Crippen LogP contribution in [0.3, 0.4) is 0 Å². The number of pyridine rings is 1. The Morgan fingerprint density at radius 3 is 2.22 bits per heavy atom. The van der Waals surface area contributed by atoms with Crippen LogP contribution in [0, 0.1) is 10.8 Å². The Labute approximate surface area is 108 Å². The van der Waals surface area contributed by atoms with Crippen LogP contribution < -0.4 is 10.6 Å². The van der Waals surface area contributed by atoms with Crippen molar-refractivity contribution in [3.05, 3.63) is 23.9 Å². The van der Waals surface area contributed by atoms with Crippen molar-refractivity contribution in [2.75, 3.05) is 12.4 Å². The molecule has 2 N–H and O–H groups in total. The minimum atomic E-state index is -0.0474. The van der Waals surface area contributed by atoms with E-state index in [0.717, 1.165) is 5.82 Å². The van der Waals surface area contributed by atoms with Crippen molar-refractivity contribution < 1.29 is 4.79 Å². The van der Waals surface area contributed by atoms with E-state index in [1.165, 1.54) is 0 Å². The number of hydrogen-bond acceptors (Lipinski definition) is 3. The predicted molar refractivity (Wildman–Crippen MR) is 72.6 cm³/mol. The molecule has 1 fully saturated rings. The molecule has 98 valence electrons. The minimum Gasteiger partial charge on any atom is -0.373 e. The van der Waals surface area contributed by atoms with Gasteiger partial charge in [-0.2, -0.15) is 0 Å². The van der Waals surface area contributed by atoms with Gasteiger partial charge in [0, 0.05) is 19.3 Å². The summed E-state index contributed by atoms with van der Waals surface area (Å²) in [6, 6.07) is 3.82. The Balaban J connectivity index is 2.05. The zero-order valence-electron chi connectivity index (χ0n) is 11.7. The molecule has 1 heterocycles. The molecule has 1 aliphatic rings. The van der Waals surface area contributed by atoms with E-state index in [2.05, 4.69) is 43.3 Å². The lowest BCUT2D eigenvalue weighted by Gasteiger charge is -2.07. The van der Waals surface area contributed by atoms with E-state index in [4.69, 9.17) is 0 Å². The van der Waals surface area contributed by atoms with Crippen LogP contribution in [0.2, 0.25) is 0 Å². The fourth-order valence-corrected chi connectivity index (χ4v) is 2.45. The largest absolute Gasteiger partial charge is 0.373 e. The molecule has 18 heavy (non-hydrogen) atoms. The third-order valence-electron chi connectivity index (χ3n) is 4.58. The van der Waals surface area contributed by atoms with Crippen molar-refractivity contribution in [3.8, 4) is 0 Å². The first-order valence-corrected chi connectivity index (χ1v) is 6.25. The minimum absolute atomic E-state index is 0.0474. The molecule has 0 aromatic carbocycles. The first-order valence-electron chi connectivity index (χ1n) is 6.25. The lowest BCUT2D eigenvalue weighted by molar-refractivity contribution is 0.0943. The number of aromatic nitrogens is 1. The molecule has 0 bridgehead atoms. The van der Waals surface area contributed by atoms with E-state index in [9.17, 15) is 4.79 Å². The Morgan fingerprint density at radius 1 is 1.22 bits per heavy atom. The highest BCUT2D eigenvalue weighted by atomic mass is 16.1. The molecule has 0 unspecified atom stereocenters. The van der Waals surface area contributed by atoms with E-state index in [1.807, 2.05) is 0 Å². The highest BCUT2D eigenvalue weighted by molar-refractivity contribution is 5.94. The smallest absolute Gasteiger partial charge is 0.253 e. The molecule has 1 aromatic rings. The normalized spacial score (nSPS) is 20.3. The van der Waals surface area contributed by atoms with Gasteiger partial charge in [0.25, 0.3) is 5.91 Å². The zero-order valence-corrected chi connectivity index (χ0v) is 11.7. The lowest BCUT2D eigenvalue weighted by Crippen LogP contribution is -2.29. The maximum Gasteiger partial charge on any atom is 0.253 e. The molecule has 4 heteroatoms. The molecule has 1 amide bonds. The predicted octanol–water partition coefficient (Wildman–Crippen LogP) is 2.29. The molecule has 4 nitrogen and oxygen atoms in total. The number of nitrogens with one attached hydrogen (secondary N) is 2. The molecular weight excluding hydrogens is 226 g/mol. The Kier molecular flexibility index (Phi) is 2.84. The second-order valence-electron chi connectivity index (χ2n) is 6.03. The van der Waals surface area contributed by atoms with E-state index in [0.29, 0.717) is 5.56 Å². The highest BCUT2D eigenvalue weighted by Crippen LogP contribution is 2.62. The van der Waals surface area contributed by atoms with E-state index in [1.54, 1.807) is 25.4 Å². The van der Waals surface area contributed by atoms with Crippen molar-refractivity contribution in [2.24, 2.45) is 10.8 Å². The third kappa shape index (κ3) is 1.85. The Morgan fingerprint density at radius 2 is 1.83 bits per heavy atom. The summed E-state index contributed by atoms with van der Waals surface area (Å²) in [5.41, 5.74) is 0.912. The first kappa shape index (κ1) is 12.9. The van der Waals surface area contributed by atoms with Crippen molar-refractivity contribution in [1.29, 1.82) is 0 Å². The number of carbonyl (C=O) groups is 1. The molecule has 0 saturated heterocycles. The van der Waals surface area contributed by atoms with Crippen LogP contribution in [-0.2, 0) is 0 Å². The molecule has 2 rings (SSSR count). The number of amides is 1. The SMILES string of the molecule is CNc1ccc(C(=O)NC2C(C)(C)C2(C)C)cn1. The molecule has 0 aliphatic heterocycles. The van der Waals surface area contributed by atoms with Crippen molar-refractivity contribution in [2.45, 2.75) is 33.7 Å². The lowest BCUT2D eigenvalue weighted by atomic mass is 10.0. The number of carbonyl (C=O) groups excluding carboxylic acids is 1. The number of anilines is 1. The van der Waals surface area contributed by atoms with Crippen molar-refractivity contribution in [3.63, 3.8) is 0 Å². The van der Waals surface area contributed by atoms with Crippen LogP contribution in [0.4, 0.5) is 5.82 Å². The molecule has 1 aliphatic carbocycles. The monoisotopic (exact) mass is 247 g/mol. The van der Waals surface area contributed by atoms with E-state index in [-0.39, 0.29) is 22.8 Å². The zero-order chi connectivity index (χ0) is 13.6. The quantitative estimate of drug-likeness (QED) is 0.861. The van der Waals surface area contributed by atoms with Crippen LogP contribution in [0.15, 0.2) is 18.3 Å². The average Bonchev–Trinajstić information content (AvgIpc) is 2.72. The van der Waals surface area contributed by atoms with Gasteiger partial charge in [0.2, 0.25) is 0 Å². The third-order valence-corrected chi connectivity index (χ3v) is 4.58. The van der Waals surface area contributed by atoms with Gasteiger partial charge in [-0.1, -0.05) is 27.7 Å². The summed E-state index contributed by atoms with van der Waals surface area (Å²) in [5.74, 6) is 0.715. The summed E-state index contributed by atoms with van der Waals surface area (Å²) in [6.07, 6.45) is 1.60. The van der Waals surface area contributed by atoms with Crippen molar-refractivity contribution >= 4 is 11.7 Å². The second kappa shape index (κ2) is 3.97. The van der Waals surface area contributed by atoms with Gasteiger partial charge in [-0.3, -0.25) is 4.79 Å². The second-order valence-corrected chi connectivity index (χ2v) is 6.03. The fourth-order valence-electron chi connectivity index (χ4n) is 2.45.